The zero-order valence-electron chi connectivity index (χ0n) is 12.7. The normalized spacial score (nSPS) is 20.7. The highest BCUT2D eigenvalue weighted by Crippen LogP contribution is 2.37. The first-order valence-electron chi connectivity index (χ1n) is 7.72. The van der Waals surface area contributed by atoms with Crippen molar-refractivity contribution in [1.29, 1.82) is 0 Å². The molecule has 0 bridgehead atoms. The molecule has 3 rings (SSSR count). The summed E-state index contributed by atoms with van der Waals surface area (Å²) in [6, 6.07) is 13.0. The van der Waals surface area contributed by atoms with Crippen molar-refractivity contribution in [1.82, 2.24) is 4.31 Å². The quantitative estimate of drug-likeness (QED) is 0.835. The molecule has 5 heteroatoms. The Balaban J connectivity index is 2.00. The number of rotatable bonds is 3. The zero-order chi connectivity index (χ0) is 15.6. The molecule has 0 unspecified atom stereocenters. The lowest BCUT2D eigenvalue weighted by molar-refractivity contribution is 0.333. The van der Waals surface area contributed by atoms with E-state index in [-0.39, 0.29) is 6.04 Å². The number of hydrogen-bond donors (Lipinski definition) is 0. The molecule has 0 radical (unpaired) electrons. The van der Waals surface area contributed by atoms with Crippen molar-refractivity contribution in [3.63, 3.8) is 0 Å². The Bertz CT molecular complexity index is 722. The fourth-order valence-corrected chi connectivity index (χ4v) is 5.80. The van der Waals surface area contributed by atoms with E-state index < -0.39 is 10.0 Å². The first kappa shape index (κ1) is 15.7. The minimum atomic E-state index is -3.43. The second-order valence-electron chi connectivity index (χ2n) is 5.74. The molecule has 22 heavy (non-hydrogen) atoms. The smallest absolute Gasteiger partial charge is 0.207 e. The summed E-state index contributed by atoms with van der Waals surface area (Å²) in [5.74, 6) is 0. The van der Waals surface area contributed by atoms with Crippen molar-refractivity contribution in [3.8, 4) is 0 Å². The van der Waals surface area contributed by atoms with Gasteiger partial charge in [0.15, 0.2) is 0 Å². The summed E-state index contributed by atoms with van der Waals surface area (Å²) in [6.45, 7) is 2.68. The van der Waals surface area contributed by atoms with E-state index in [0.717, 1.165) is 25.7 Å². The molecule has 0 spiro atoms. The fraction of sp³-hybridized carbons (Fsp3) is 0.412. The van der Waals surface area contributed by atoms with Crippen LogP contribution in [-0.4, -0.2) is 19.3 Å². The van der Waals surface area contributed by atoms with Crippen molar-refractivity contribution in [2.24, 2.45) is 0 Å². The van der Waals surface area contributed by atoms with E-state index in [0.29, 0.717) is 11.4 Å². The Hall–Kier alpha value is -1.17. The molecular formula is C17H21NO2S2. The van der Waals surface area contributed by atoms with Gasteiger partial charge < -0.3 is 0 Å². The maximum atomic E-state index is 13.1. The molecule has 0 aliphatic carbocycles. The molecule has 0 N–H and O–H groups in total. The lowest BCUT2D eigenvalue weighted by Gasteiger charge is -2.28. The van der Waals surface area contributed by atoms with Crippen molar-refractivity contribution in [2.45, 2.75) is 43.5 Å². The summed E-state index contributed by atoms with van der Waals surface area (Å²) in [5.41, 5.74) is 0. The summed E-state index contributed by atoms with van der Waals surface area (Å²) in [6.07, 6.45) is 4.03. The van der Waals surface area contributed by atoms with Crippen LogP contribution in [0, 0.1) is 6.92 Å². The van der Waals surface area contributed by atoms with E-state index in [1.807, 2.05) is 6.07 Å². The Morgan fingerprint density at radius 2 is 1.82 bits per heavy atom. The monoisotopic (exact) mass is 335 g/mol. The number of thiophene rings is 1. The summed E-state index contributed by atoms with van der Waals surface area (Å²) in [7, 11) is -3.43. The molecule has 2 aromatic rings. The Kier molecular flexibility index (Phi) is 4.66. The topological polar surface area (TPSA) is 37.4 Å². The molecule has 1 saturated heterocycles. The van der Waals surface area contributed by atoms with Crippen molar-refractivity contribution in [3.05, 3.63) is 52.2 Å². The van der Waals surface area contributed by atoms with Crippen LogP contribution in [0.25, 0.3) is 0 Å². The third-order valence-corrected chi connectivity index (χ3v) is 7.17. The maximum Gasteiger partial charge on any atom is 0.243 e. The molecule has 0 saturated carbocycles. The van der Waals surface area contributed by atoms with Crippen LogP contribution in [0.15, 0.2) is 47.4 Å². The molecule has 2 heterocycles. The largest absolute Gasteiger partial charge is 0.243 e. The highest BCUT2D eigenvalue weighted by molar-refractivity contribution is 7.89. The first-order chi connectivity index (χ1) is 10.6. The van der Waals surface area contributed by atoms with Crippen LogP contribution >= 0.6 is 11.3 Å². The number of nitrogens with zero attached hydrogens (tertiary/aromatic N) is 1. The number of hydrogen-bond acceptors (Lipinski definition) is 3. The third-order valence-electron chi connectivity index (χ3n) is 4.14. The van der Waals surface area contributed by atoms with Gasteiger partial charge in [-0.1, -0.05) is 31.0 Å². The minimum absolute atomic E-state index is 0.0218. The standard InChI is InChI=1S/C17H21NO2S2/c1-14-11-12-17(21-14)16-10-6-3-7-13-18(16)22(19,20)15-8-4-2-5-9-15/h2,4-5,8-9,11-12,16H,3,6-7,10,13H2,1H3/t16-/m1/s1. The number of sulfonamides is 1. The molecule has 3 nitrogen and oxygen atoms in total. The van der Waals surface area contributed by atoms with E-state index in [9.17, 15) is 8.42 Å². The van der Waals surface area contributed by atoms with Crippen molar-refractivity contribution in [2.75, 3.05) is 6.54 Å². The molecular weight excluding hydrogens is 314 g/mol. The predicted octanol–water partition coefficient (Wildman–Crippen LogP) is 4.36. The molecule has 1 aliphatic heterocycles. The third kappa shape index (κ3) is 3.12. The van der Waals surface area contributed by atoms with Crippen LogP contribution in [0.1, 0.15) is 41.5 Å². The van der Waals surface area contributed by atoms with Crippen molar-refractivity contribution >= 4 is 21.4 Å². The fourth-order valence-electron chi connectivity index (χ4n) is 3.01. The summed E-state index contributed by atoms with van der Waals surface area (Å²) in [5, 5.41) is 0. The van der Waals surface area contributed by atoms with Gasteiger partial charge in [0.05, 0.1) is 10.9 Å². The van der Waals surface area contributed by atoms with E-state index in [1.165, 1.54) is 9.75 Å². The molecule has 1 aromatic carbocycles. The molecule has 1 aromatic heterocycles. The summed E-state index contributed by atoms with van der Waals surface area (Å²) >= 11 is 1.71. The van der Waals surface area contributed by atoms with Crippen LogP contribution in [0.2, 0.25) is 0 Å². The van der Waals surface area contributed by atoms with Gasteiger partial charge in [0.1, 0.15) is 0 Å². The van der Waals surface area contributed by atoms with Gasteiger partial charge in [0.2, 0.25) is 10.0 Å². The Morgan fingerprint density at radius 3 is 2.50 bits per heavy atom. The van der Waals surface area contributed by atoms with Gasteiger partial charge in [0.25, 0.3) is 0 Å². The highest BCUT2D eigenvalue weighted by Gasteiger charge is 2.33. The van der Waals surface area contributed by atoms with Gasteiger partial charge in [-0.2, -0.15) is 4.31 Å². The number of aryl methyl sites for hydroxylation is 1. The average Bonchev–Trinajstić information content (AvgIpc) is 2.81. The lowest BCUT2D eigenvalue weighted by atomic mass is 10.1. The van der Waals surface area contributed by atoms with Gasteiger partial charge in [-0.15, -0.1) is 11.3 Å². The Labute approximate surface area is 136 Å². The van der Waals surface area contributed by atoms with E-state index in [2.05, 4.69) is 19.1 Å². The predicted molar refractivity (Wildman–Crippen MR) is 90.6 cm³/mol. The Morgan fingerprint density at radius 1 is 1.05 bits per heavy atom. The maximum absolute atomic E-state index is 13.1. The highest BCUT2D eigenvalue weighted by atomic mass is 32.2. The van der Waals surface area contributed by atoms with Gasteiger partial charge in [-0.05, 0) is 44.0 Å². The number of benzene rings is 1. The van der Waals surface area contributed by atoms with Crippen LogP contribution in [0.4, 0.5) is 0 Å². The van der Waals surface area contributed by atoms with Crippen LogP contribution in [0.5, 0.6) is 0 Å². The second kappa shape index (κ2) is 6.52. The lowest BCUT2D eigenvalue weighted by Crippen LogP contribution is -2.34. The van der Waals surface area contributed by atoms with Crippen LogP contribution in [-0.2, 0) is 10.0 Å². The molecule has 0 amide bonds. The van der Waals surface area contributed by atoms with E-state index >= 15 is 0 Å². The molecule has 1 fully saturated rings. The average molecular weight is 335 g/mol. The molecule has 1 atom stereocenters. The second-order valence-corrected chi connectivity index (χ2v) is 8.95. The van der Waals surface area contributed by atoms with E-state index in [4.69, 9.17) is 0 Å². The SMILES string of the molecule is Cc1ccc([C@H]2CCCCCN2S(=O)(=O)c2ccccc2)s1. The molecule has 1 aliphatic rings. The van der Waals surface area contributed by atoms with E-state index in [1.54, 1.807) is 39.9 Å². The van der Waals surface area contributed by atoms with Crippen LogP contribution in [0.3, 0.4) is 0 Å². The summed E-state index contributed by atoms with van der Waals surface area (Å²) in [4.78, 5) is 2.80. The first-order valence-corrected chi connectivity index (χ1v) is 9.98. The summed E-state index contributed by atoms with van der Waals surface area (Å²) < 4.78 is 27.8. The minimum Gasteiger partial charge on any atom is -0.207 e. The van der Waals surface area contributed by atoms with Gasteiger partial charge in [0, 0.05) is 16.3 Å². The van der Waals surface area contributed by atoms with Crippen LogP contribution < -0.4 is 0 Å². The zero-order valence-corrected chi connectivity index (χ0v) is 14.4. The van der Waals surface area contributed by atoms with Gasteiger partial charge >= 0.3 is 0 Å². The molecule has 118 valence electrons. The van der Waals surface area contributed by atoms with Gasteiger partial charge in [-0.3, -0.25) is 0 Å². The van der Waals surface area contributed by atoms with Crippen molar-refractivity contribution < 1.29 is 8.42 Å². The van der Waals surface area contributed by atoms with Gasteiger partial charge in [-0.25, -0.2) is 8.42 Å².